The molecule has 0 amide bonds. The largest absolute Gasteiger partial charge is 0.493 e. The van der Waals surface area contributed by atoms with E-state index in [2.05, 4.69) is 38.1 Å². The predicted molar refractivity (Wildman–Crippen MR) is 132 cm³/mol. The molecule has 8 heteroatoms. The van der Waals surface area contributed by atoms with Crippen LogP contribution in [0.2, 0.25) is 0 Å². The van der Waals surface area contributed by atoms with Crippen molar-refractivity contribution in [3.8, 4) is 17.2 Å². The number of nitro benzene ring substituents is 1. The molecule has 3 aromatic carbocycles. The van der Waals surface area contributed by atoms with Crippen LogP contribution in [0.25, 0.3) is 0 Å². The third-order valence-electron chi connectivity index (χ3n) is 6.59. The fraction of sp³-hybridized carbons (Fsp3) is 0.296. The summed E-state index contributed by atoms with van der Waals surface area (Å²) in [6, 6.07) is 18.6. The van der Waals surface area contributed by atoms with E-state index in [0.29, 0.717) is 29.6 Å². The number of benzene rings is 3. The zero-order valence-corrected chi connectivity index (χ0v) is 20.1. The molecule has 0 spiro atoms. The molecule has 0 N–H and O–H groups in total. The maximum atomic E-state index is 11.5. The van der Waals surface area contributed by atoms with Gasteiger partial charge >= 0.3 is 0 Å². The van der Waals surface area contributed by atoms with Gasteiger partial charge < -0.3 is 14.2 Å². The van der Waals surface area contributed by atoms with E-state index >= 15 is 0 Å². The van der Waals surface area contributed by atoms with Crippen molar-refractivity contribution in [1.29, 1.82) is 0 Å². The maximum Gasteiger partial charge on any atom is 0.270 e. The number of fused-ring (bicyclic) bond motifs is 3. The lowest BCUT2D eigenvalue weighted by Crippen LogP contribution is -2.33. The lowest BCUT2D eigenvalue weighted by Gasteiger charge is -2.38. The average molecular weight is 474 g/mol. The van der Waals surface area contributed by atoms with Crippen molar-refractivity contribution in [3.05, 3.63) is 93.0 Å². The van der Waals surface area contributed by atoms with Crippen molar-refractivity contribution in [1.82, 2.24) is 5.01 Å². The van der Waals surface area contributed by atoms with Crippen molar-refractivity contribution in [2.45, 2.75) is 38.5 Å². The first-order chi connectivity index (χ1) is 16.9. The van der Waals surface area contributed by atoms with Gasteiger partial charge in [0.15, 0.2) is 11.5 Å². The van der Waals surface area contributed by atoms with E-state index in [4.69, 9.17) is 19.3 Å². The summed E-state index contributed by atoms with van der Waals surface area (Å²) in [5, 5.41) is 18.3. The molecule has 8 nitrogen and oxygen atoms in total. The highest BCUT2D eigenvalue weighted by molar-refractivity contribution is 6.02. The number of ether oxygens (including phenoxy) is 3. The van der Waals surface area contributed by atoms with Crippen LogP contribution in [-0.4, -0.2) is 29.9 Å². The third-order valence-corrected chi connectivity index (χ3v) is 6.59. The molecule has 35 heavy (non-hydrogen) atoms. The highest BCUT2D eigenvalue weighted by atomic mass is 16.6. The van der Waals surface area contributed by atoms with E-state index in [1.165, 1.54) is 11.6 Å². The van der Waals surface area contributed by atoms with Crippen LogP contribution >= 0.6 is 0 Å². The average Bonchev–Trinajstić information content (AvgIpc) is 3.33. The minimum atomic E-state index is -0.451. The Morgan fingerprint density at radius 3 is 2.43 bits per heavy atom. The predicted octanol–water partition coefficient (Wildman–Crippen LogP) is 5.98. The summed E-state index contributed by atoms with van der Waals surface area (Å²) in [4.78, 5) is 11.1. The van der Waals surface area contributed by atoms with Gasteiger partial charge in [-0.3, -0.25) is 10.1 Å². The summed E-state index contributed by atoms with van der Waals surface area (Å²) in [6.45, 7) is 4.32. The number of hydrazone groups is 1. The van der Waals surface area contributed by atoms with Crippen LogP contribution in [0.1, 0.15) is 60.7 Å². The van der Waals surface area contributed by atoms with Crippen LogP contribution < -0.4 is 14.2 Å². The summed E-state index contributed by atoms with van der Waals surface area (Å²) >= 11 is 0. The Morgan fingerprint density at radius 2 is 1.77 bits per heavy atom. The van der Waals surface area contributed by atoms with Crippen LogP contribution in [0, 0.1) is 10.1 Å². The van der Waals surface area contributed by atoms with Gasteiger partial charge in [-0.25, -0.2) is 5.01 Å². The molecule has 0 fully saturated rings. The number of non-ortho nitro benzene ring substituents is 1. The normalized spacial score (nSPS) is 18.4. The molecule has 0 aliphatic carbocycles. The van der Waals surface area contributed by atoms with Gasteiger partial charge in [-0.1, -0.05) is 38.1 Å². The van der Waals surface area contributed by atoms with Crippen LogP contribution in [0.4, 0.5) is 5.69 Å². The van der Waals surface area contributed by atoms with Gasteiger partial charge in [-0.15, -0.1) is 0 Å². The topological polar surface area (TPSA) is 86.4 Å². The molecule has 0 saturated heterocycles. The molecule has 5 rings (SSSR count). The molecule has 180 valence electrons. The number of methoxy groups -OCH3 is 2. The highest BCUT2D eigenvalue weighted by Crippen LogP contribution is 2.48. The van der Waals surface area contributed by atoms with Gasteiger partial charge in [0.2, 0.25) is 6.23 Å². The number of rotatable bonds is 6. The zero-order chi connectivity index (χ0) is 24.7. The first-order valence-corrected chi connectivity index (χ1v) is 11.5. The Bertz CT molecular complexity index is 1300. The van der Waals surface area contributed by atoms with Crippen LogP contribution in [0.3, 0.4) is 0 Å². The van der Waals surface area contributed by atoms with E-state index in [1.807, 2.05) is 23.2 Å². The summed E-state index contributed by atoms with van der Waals surface area (Å²) in [6.07, 6.45) is 0.126. The highest BCUT2D eigenvalue weighted by Gasteiger charge is 2.41. The molecular weight excluding hydrogens is 446 g/mol. The van der Waals surface area contributed by atoms with Gasteiger partial charge in [0.25, 0.3) is 5.69 Å². The maximum absolute atomic E-state index is 11.5. The smallest absolute Gasteiger partial charge is 0.270 e. The molecule has 2 aliphatic heterocycles. The summed E-state index contributed by atoms with van der Waals surface area (Å²) in [5.74, 6) is 2.32. The van der Waals surface area contributed by atoms with E-state index in [1.54, 1.807) is 26.4 Å². The number of nitro groups is 1. The molecule has 0 unspecified atom stereocenters. The van der Waals surface area contributed by atoms with E-state index in [0.717, 1.165) is 22.4 Å². The second-order valence-electron chi connectivity index (χ2n) is 8.99. The lowest BCUT2D eigenvalue weighted by molar-refractivity contribution is -0.385. The molecule has 0 saturated carbocycles. The summed E-state index contributed by atoms with van der Waals surface area (Å²) < 4.78 is 17.2. The second kappa shape index (κ2) is 8.94. The Hall–Kier alpha value is -4.07. The van der Waals surface area contributed by atoms with Crippen molar-refractivity contribution >= 4 is 11.4 Å². The SMILES string of the molecule is COc1ccc(C2=NN3[C@@H](C2)c2cc([N+](=O)[O-])ccc2O[C@H]3c2ccc(C(C)C)cc2)cc1OC. The van der Waals surface area contributed by atoms with Gasteiger partial charge in [0.05, 0.1) is 30.9 Å². The molecule has 3 aromatic rings. The summed E-state index contributed by atoms with van der Waals surface area (Å²) in [7, 11) is 3.20. The Kier molecular flexibility index (Phi) is 5.80. The first kappa shape index (κ1) is 22.7. The van der Waals surface area contributed by atoms with Gasteiger partial charge in [-0.2, -0.15) is 5.10 Å². The zero-order valence-electron chi connectivity index (χ0n) is 20.1. The minimum absolute atomic E-state index is 0.0339. The van der Waals surface area contributed by atoms with Crippen molar-refractivity contribution < 1.29 is 19.1 Å². The number of hydrogen-bond donors (Lipinski definition) is 0. The first-order valence-electron chi connectivity index (χ1n) is 11.5. The van der Waals surface area contributed by atoms with Gasteiger partial charge in [0.1, 0.15) is 5.75 Å². The molecule has 2 aliphatic rings. The molecular formula is C27H27N3O5. The summed E-state index contributed by atoms with van der Waals surface area (Å²) in [5.41, 5.74) is 4.76. The molecule has 2 heterocycles. The second-order valence-corrected chi connectivity index (χ2v) is 8.99. The van der Waals surface area contributed by atoms with Crippen LogP contribution in [0.15, 0.2) is 65.8 Å². The van der Waals surface area contributed by atoms with Crippen molar-refractivity contribution in [2.75, 3.05) is 14.2 Å². The molecule has 2 atom stereocenters. The van der Waals surface area contributed by atoms with E-state index in [9.17, 15) is 10.1 Å². The minimum Gasteiger partial charge on any atom is -0.493 e. The monoisotopic (exact) mass is 473 g/mol. The van der Waals surface area contributed by atoms with Crippen LogP contribution in [-0.2, 0) is 0 Å². The fourth-order valence-electron chi connectivity index (χ4n) is 4.64. The lowest BCUT2D eigenvalue weighted by atomic mass is 9.95. The van der Waals surface area contributed by atoms with Gasteiger partial charge in [-0.05, 0) is 35.7 Å². The van der Waals surface area contributed by atoms with Crippen LogP contribution in [0.5, 0.6) is 17.2 Å². The van der Waals surface area contributed by atoms with Crippen molar-refractivity contribution in [3.63, 3.8) is 0 Å². The fourth-order valence-corrected chi connectivity index (χ4v) is 4.64. The Labute approximate surface area is 203 Å². The molecule has 0 radical (unpaired) electrons. The standard InChI is InChI=1S/C27H27N3O5/c1-16(2)17-5-7-18(8-6-17)27-29-23(21-14-20(30(31)32)10-12-24(21)35-27)15-22(28-29)19-9-11-25(33-3)26(13-19)34-4/h5-14,16,23,27H,15H2,1-4H3/t23-,27-/m0/s1. The molecule has 0 bridgehead atoms. The Morgan fingerprint density at radius 1 is 1.03 bits per heavy atom. The van der Waals surface area contributed by atoms with Crippen molar-refractivity contribution in [2.24, 2.45) is 5.10 Å². The number of nitrogens with zero attached hydrogens (tertiary/aromatic N) is 3. The quantitative estimate of drug-likeness (QED) is 0.323. The van der Waals surface area contributed by atoms with Gasteiger partial charge in [0, 0.05) is 35.2 Å². The third kappa shape index (κ3) is 4.05. The van der Waals surface area contributed by atoms with E-state index in [-0.39, 0.29) is 16.7 Å². The van der Waals surface area contributed by atoms with E-state index < -0.39 is 6.23 Å². The Balaban J connectivity index is 1.58. The number of hydrogen-bond acceptors (Lipinski definition) is 7. The molecule has 0 aromatic heterocycles.